The van der Waals surface area contributed by atoms with E-state index in [9.17, 15) is 0 Å². The Morgan fingerprint density at radius 2 is 1.62 bits per heavy atom. The minimum atomic E-state index is 0.0735. The minimum Gasteiger partial charge on any atom is -0.456 e. The van der Waals surface area contributed by atoms with Gasteiger partial charge in [-0.25, -0.2) is 4.99 Å². The van der Waals surface area contributed by atoms with Crippen LogP contribution in [0.3, 0.4) is 0 Å². The Labute approximate surface area is 354 Å². The number of hydrogen-bond donors (Lipinski definition) is 2. The molecule has 0 spiro atoms. The van der Waals surface area contributed by atoms with Crippen molar-refractivity contribution in [2.45, 2.75) is 107 Å². The molecule has 0 saturated heterocycles. The smallest absolute Gasteiger partial charge is 0.139 e. The molecule has 5 heteroatoms. The van der Waals surface area contributed by atoms with Gasteiger partial charge in [-0.3, -0.25) is 5.32 Å². The molecule has 0 amide bonds. The minimum absolute atomic E-state index is 0.0735. The lowest BCUT2D eigenvalue weighted by Crippen LogP contribution is -2.57. The summed E-state index contributed by atoms with van der Waals surface area (Å²) in [4.78, 5) is 7.92. The third kappa shape index (κ3) is 6.19. The number of allylic oxidation sites excluding steroid dienone is 9. The first-order chi connectivity index (χ1) is 29.7. The topological polar surface area (TPSA) is 52.8 Å². The summed E-state index contributed by atoms with van der Waals surface area (Å²) in [5.41, 5.74) is 15.7. The Bertz CT molecular complexity index is 2720. The second-order valence-electron chi connectivity index (χ2n) is 18.1. The second-order valence-corrected chi connectivity index (χ2v) is 18.1. The van der Waals surface area contributed by atoms with Gasteiger partial charge in [0.2, 0.25) is 0 Å². The van der Waals surface area contributed by atoms with Crippen molar-refractivity contribution in [2.75, 3.05) is 4.90 Å². The summed E-state index contributed by atoms with van der Waals surface area (Å²) in [6.45, 7) is 0. The van der Waals surface area contributed by atoms with Gasteiger partial charge in [-0.2, -0.15) is 0 Å². The van der Waals surface area contributed by atoms with Crippen LogP contribution in [0.4, 0.5) is 11.4 Å². The predicted molar refractivity (Wildman–Crippen MR) is 248 cm³/mol. The zero-order chi connectivity index (χ0) is 39.6. The first-order valence-electron chi connectivity index (χ1n) is 22.9. The van der Waals surface area contributed by atoms with Crippen molar-refractivity contribution in [2.24, 2.45) is 10.9 Å². The quantitative estimate of drug-likeness (QED) is 0.168. The molecule has 0 fully saturated rings. The first kappa shape index (κ1) is 36.2. The number of hydrogen-bond acceptors (Lipinski definition) is 5. The van der Waals surface area contributed by atoms with Crippen LogP contribution in [0.2, 0.25) is 0 Å². The van der Waals surface area contributed by atoms with E-state index in [0.717, 1.165) is 73.9 Å². The molecule has 1 aromatic heterocycles. The van der Waals surface area contributed by atoms with Gasteiger partial charge >= 0.3 is 0 Å². The van der Waals surface area contributed by atoms with Crippen LogP contribution in [0.5, 0.6) is 0 Å². The van der Waals surface area contributed by atoms with Gasteiger partial charge in [0, 0.05) is 28.5 Å². The van der Waals surface area contributed by atoms with Crippen molar-refractivity contribution in [3.63, 3.8) is 0 Å². The van der Waals surface area contributed by atoms with Crippen molar-refractivity contribution in [3.8, 4) is 0 Å². The molecule has 6 unspecified atom stereocenters. The maximum atomic E-state index is 6.91. The molecule has 5 nitrogen and oxygen atoms in total. The van der Waals surface area contributed by atoms with E-state index in [2.05, 4.69) is 149 Å². The normalized spacial score (nSPS) is 26.9. The van der Waals surface area contributed by atoms with E-state index in [1.165, 1.54) is 86.8 Å². The molecule has 5 aromatic rings. The fourth-order valence-corrected chi connectivity index (χ4v) is 11.6. The zero-order valence-electron chi connectivity index (χ0n) is 34.5. The van der Waals surface area contributed by atoms with E-state index in [1.807, 2.05) is 0 Å². The highest BCUT2D eigenvalue weighted by Crippen LogP contribution is 2.52. The number of amidine groups is 1. The molecule has 2 N–H and O–H groups in total. The van der Waals surface area contributed by atoms with Gasteiger partial charge in [0.05, 0.1) is 17.1 Å². The van der Waals surface area contributed by atoms with E-state index >= 15 is 0 Å². The average Bonchev–Trinajstić information content (AvgIpc) is 3.88. The Hall–Kier alpha value is -5.65. The molecule has 300 valence electrons. The van der Waals surface area contributed by atoms with E-state index in [4.69, 9.17) is 9.41 Å². The summed E-state index contributed by atoms with van der Waals surface area (Å²) in [5.74, 6) is 2.38. The molecule has 7 aliphatic rings. The van der Waals surface area contributed by atoms with Crippen LogP contribution in [0, 0.1) is 5.92 Å². The molecule has 6 atom stereocenters. The maximum absolute atomic E-state index is 6.91. The van der Waals surface area contributed by atoms with Crippen LogP contribution in [-0.2, 0) is 12.8 Å². The van der Waals surface area contributed by atoms with E-state index in [0.29, 0.717) is 23.8 Å². The second kappa shape index (κ2) is 15.1. The molecule has 0 radical (unpaired) electrons. The lowest BCUT2D eigenvalue weighted by Gasteiger charge is -2.37. The van der Waals surface area contributed by atoms with E-state index in [1.54, 1.807) is 0 Å². The summed E-state index contributed by atoms with van der Waals surface area (Å²) in [6.07, 6.45) is 37.6. The number of para-hydroxylation sites is 1. The number of fused-ring (bicyclic) bond motifs is 8. The van der Waals surface area contributed by atoms with Crippen molar-refractivity contribution in [1.82, 2.24) is 10.6 Å². The van der Waals surface area contributed by atoms with Gasteiger partial charge in [-0.15, -0.1) is 0 Å². The van der Waals surface area contributed by atoms with Crippen LogP contribution < -0.4 is 15.5 Å². The van der Waals surface area contributed by atoms with Crippen LogP contribution >= 0.6 is 0 Å². The highest BCUT2D eigenvalue weighted by atomic mass is 16.3. The highest BCUT2D eigenvalue weighted by Gasteiger charge is 2.40. The van der Waals surface area contributed by atoms with Gasteiger partial charge in [0.15, 0.2) is 0 Å². The van der Waals surface area contributed by atoms with Gasteiger partial charge in [0.25, 0.3) is 0 Å². The number of aryl methyl sites for hydroxylation is 1. The summed E-state index contributed by atoms with van der Waals surface area (Å²) in [6, 6.07) is 27.9. The number of benzene rings is 4. The van der Waals surface area contributed by atoms with Crippen molar-refractivity contribution in [3.05, 3.63) is 173 Å². The number of nitrogens with one attached hydrogen (secondary N) is 2. The summed E-state index contributed by atoms with van der Waals surface area (Å²) in [5, 5.41) is 10.2. The molecule has 5 aliphatic carbocycles. The molecular formula is C55H54N4O. The van der Waals surface area contributed by atoms with Gasteiger partial charge in [0.1, 0.15) is 29.3 Å². The SMILES string of the molecule is C1=CC(C2NC(c3ccc(C4C=CC(c5cc6c(oc7cccc(N8c9ccccc9C9CCC=CC98)c76)c6c5CCCC6)=CC4)cc3)=NC(C3CC=CCC3)N2)=CCC1. The third-order valence-corrected chi connectivity index (χ3v) is 14.7. The summed E-state index contributed by atoms with van der Waals surface area (Å²) < 4.78 is 6.91. The van der Waals surface area contributed by atoms with E-state index in [-0.39, 0.29) is 12.3 Å². The largest absolute Gasteiger partial charge is 0.456 e. The van der Waals surface area contributed by atoms with Crippen LogP contribution in [0.1, 0.15) is 109 Å². The Morgan fingerprint density at radius 1 is 0.733 bits per heavy atom. The number of furan rings is 1. The van der Waals surface area contributed by atoms with Crippen molar-refractivity contribution in [1.29, 1.82) is 0 Å². The molecule has 2 aliphatic heterocycles. The Balaban J connectivity index is 0.857. The molecule has 60 heavy (non-hydrogen) atoms. The lowest BCUT2D eigenvalue weighted by atomic mass is 9.81. The van der Waals surface area contributed by atoms with Crippen LogP contribution in [0.15, 0.2) is 149 Å². The molecule has 12 rings (SSSR count). The molecule has 3 heterocycles. The first-order valence-corrected chi connectivity index (χ1v) is 22.9. The fraction of sp³-hybridized carbons (Fsp3) is 0.327. The number of rotatable bonds is 6. The Morgan fingerprint density at radius 3 is 2.47 bits per heavy atom. The third-order valence-electron chi connectivity index (χ3n) is 14.7. The van der Waals surface area contributed by atoms with Gasteiger partial charge < -0.3 is 14.6 Å². The van der Waals surface area contributed by atoms with Crippen molar-refractivity contribution >= 4 is 44.7 Å². The Kier molecular flexibility index (Phi) is 9.13. The summed E-state index contributed by atoms with van der Waals surface area (Å²) in [7, 11) is 0. The zero-order valence-corrected chi connectivity index (χ0v) is 34.5. The summed E-state index contributed by atoms with van der Waals surface area (Å²) >= 11 is 0. The molecular weight excluding hydrogens is 733 g/mol. The van der Waals surface area contributed by atoms with E-state index < -0.39 is 0 Å². The number of aliphatic imine (C=N–C) groups is 1. The molecule has 4 aromatic carbocycles. The van der Waals surface area contributed by atoms with Crippen LogP contribution in [-0.4, -0.2) is 24.2 Å². The maximum Gasteiger partial charge on any atom is 0.139 e. The fourth-order valence-electron chi connectivity index (χ4n) is 11.6. The van der Waals surface area contributed by atoms with Crippen molar-refractivity contribution < 1.29 is 4.42 Å². The molecule has 0 saturated carbocycles. The number of nitrogens with zero attached hydrogens (tertiary/aromatic N) is 2. The van der Waals surface area contributed by atoms with Gasteiger partial charge in [-0.05, 0) is 146 Å². The number of anilines is 2. The standard InChI is InChI=1S/C55H54N4O/c1-3-14-38(15-4-1)53-56-54(39-16-5-2-6-17-39)58-55(57-53)40-32-28-36(29-33-40)35-26-30-37(31-27-35)45-34-46-51-49(24-13-25-50(51)60-52(46)44-21-8-7-18-41(44)45)59-47-22-11-9-19-42(47)43-20-10-12-23-48(43)59/h1,3,5,9,11-13,16-17,19,22-26,28-35,38,43,48,53-54,56H,2,4,6-8,10,14-15,18,20-21,27H2,(H,57,58). The van der Waals surface area contributed by atoms with Gasteiger partial charge in [-0.1, -0.05) is 109 Å². The predicted octanol–water partition coefficient (Wildman–Crippen LogP) is 12.8. The lowest BCUT2D eigenvalue weighted by molar-refractivity contribution is 0.301. The highest BCUT2D eigenvalue weighted by molar-refractivity contribution is 6.14. The van der Waals surface area contributed by atoms with Crippen LogP contribution in [0.25, 0.3) is 27.5 Å². The molecule has 0 bridgehead atoms. The average molecular weight is 787 g/mol. The monoisotopic (exact) mass is 786 g/mol.